The van der Waals surface area contributed by atoms with Gasteiger partial charge in [0.1, 0.15) is 55.4 Å². The average Bonchev–Trinajstić information content (AvgIpc) is 3.31. The highest BCUT2D eigenvalue weighted by Gasteiger charge is 2.47. The fourth-order valence-electron chi connectivity index (χ4n) is 8.39. The Hall–Kier alpha value is -1.76. The van der Waals surface area contributed by atoms with E-state index in [0.717, 1.165) is 44.9 Å². The molecule has 0 bridgehead atoms. The van der Waals surface area contributed by atoms with Crippen LogP contribution >= 0.6 is 0 Å². The summed E-state index contributed by atoms with van der Waals surface area (Å²) in [5, 5.41) is 72.0. The fourth-order valence-corrected chi connectivity index (χ4v) is 8.39. The molecule has 2 fully saturated rings. The van der Waals surface area contributed by atoms with E-state index < -0.39 is 92.7 Å². The Morgan fingerprint density at radius 1 is 0.470 bits per heavy atom. The Kier molecular flexibility index (Phi) is 35.7. The summed E-state index contributed by atoms with van der Waals surface area (Å²) in [5.41, 5.74) is 0. The van der Waals surface area contributed by atoms with Gasteiger partial charge in [-0.15, -0.1) is 0 Å². The first kappa shape index (κ1) is 60.4. The fraction of sp³-hybridized carbons (Fsp3) is 0.922. The number of carbonyl (C=O) groups excluding carboxylic acids is 2. The molecule has 0 amide bonds. The molecule has 0 aliphatic carbocycles. The van der Waals surface area contributed by atoms with Crippen molar-refractivity contribution in [3.05, 3.63) is 12.2 Å². The van der Waals surface area contributed by atoms with Crippen molar-refractivity contribution >= 4 is 11.9 Å². The van der Waals surface area contributed by atoms with Gasteiger partial charge in [0.2, 0.25) is 0 Å². The Bertz CT molecular complexity index is 1210. The Labute approximate surface area is 397 Å². The van der Waals surface area contributed by atoms with Crippen LogP contribution in [-0.4, -0.2) is 142 Å². The number of carbonyl (C=O) groups is 2. The summed E-state index contributed by atoms with van der Waals surface area (Å²) < 4.78 is 33.6. The highest BCUT2D eigenvalue weighted by molar-refractivity contribution is 5.70. The molecule has 66 heavy (non-hydrogen) atoms. The number of aliphatic hydroxyl groups is 7. The summed E-state index contributed by atoms with van der Waals surface area (Å²) in [7, 11) is 0. The molecule has 15 nitrogen and oxygen atoms in total. The number of rotatable bonds is 41. The van der Waals surface area contributed by atoms with Crippen molar-refractivity contribution in [3.8, 4) is 0 Å². The summed E-state index contributed by atoms with van der Waals surface area (Å²) in [6.07, 6.45) is 21.0. The lowest BCUT2D eigenvalue weighted by atomic mass is 9.98. The maximum absolute atomic E-state index is 13.0. The van der Waals surface area contributed by atoms with E-state index in [1.165, 1.54) is 122 Å². The molecule has 2 aliphatic heterocycles. The molecular formula is C51H94O15. The molecule has 11 unspecified atom stereocenters. The number of unbranched alkanes of at least 4 members (excludes halogenated alkanes) is 25. The lowest BCUT2D eigenvalue weighted by Gasteiger charge is -2.42. The van der Waals surface area contributed by atoms with Gasteiger partial charge in [0.15, 0.2) is 18.7 Å². The van der Waals surface area contributed by atoms with Gasteiger partial charge < -0.3 is 64.2 Å². The van der Waals surface area contributed by atoms with E-state index in [-0.39, 0.29) is 26.1 Å². The summed E-state index contributed by atoms with van der Waals surface area (Å²) in [5.74, 6) is -0.919. The molecule has 0 aromatic carbocycles. The lowest BCUT2D eigenvalue weighted by Crippen LogP contribution is -2.61. The lowest BCUT2D eigenvalue weighted by molar-refractivity contribution is -0.332. The first-order valence-corrected chi connectivity index (χ1v) is 26.3. The van der Waals surface area contributed by atoms with Crippen LogP contribution in [0.15, 0.2) is 12.2 Å². The third-order valence-electron chi connectivity index (χ3n) is 12.7. The molecule has 2 saturated heterocycles. The number of hydrogen-bond acceptors (Lipinski definition) is 15. The van der Waals surface area contributed by atoms with Crippen molar-refractivity contribution < 1.29 is 73.8 Å². The van der Waals surface area contributed by atoms with E-state index in [0.29, 0.717) is 12.8 Å². The second-order valence-electron chi connectivity index (χ2n) is 18.7. The average molecular weight is 947 g/mol. The van der Waals surface area contributed by atoms with Crippen molar-refractivity contribution in [3.63, 3.8) is 0 Å². The Balaban J connectivity index is 1.78. The SMILES string of the molecule is CCCCCCCC/C=C\CCCCCCCCCCCC(=O)OC(COC(=O)CCCCCCCCCCCCC)COC1OC(COC2OC(CO)C(O)C(O)C2O)C(O)C(O)C1O. The topological polar surface area (TPSA) is 231 Å². The van der Waals surface area contributed by atoms with Crippen LogP contribution in [0, 0.1) is 0 Å². The second-order valence-corrected chi connectivity index (χ2v) is 18.7. The summed E-state index contributed by atoms with van der Waals surface area (Å²) >= 11 is 0. The molecular weight excluding hydrogens is 853 g/mol. The van der Waals surface area contributed by atoms with Gasteiger partial charge in [0.05, 0.1) is 19.8 Å². The predicted octanol–water partition coefficient (Wildman–Crippen LogP) is 7.38. The van der Waals surface area contributed by atoms with Gasteiger partial charge in [-0.1, -0.05) is 167 Å². The minimum Gasteiger partial charge on any atom is -0.462 e. The molecule has 0 radical (unpaired) electrons. The molecule has 2 rings (SSSR count). The Morgan fingerprint density at radius 3 is 1.33 bits per heavy atom. The summed E-state index contributed by atoms with van der Waals surface area (Å²) in [4.78, 5) is 25.7. The molecule has 0 aromatic heterocycles. The van der Waals surface area contributed by atoms with Gasteiger partial charge in [-0.25, -0.2) is 0 Å². The van der Waals surface area contributed by atoms with E-state index in [9.17, 15) is 45.3 Å². The molecule has 2 heterocycles. The van der Waals surface area contributed by atoms with Crippen LogP contribution in [0.1, 0.15) is 206 Å². The maximum atomic E-state index is 13.0. The maximum Gasteiger partial charge on any atom is 0.306 e. The van der Waals surface area contributed by atoms with Crippen molar-refractivity contribution in [2.24, 2.45) is 0 Å². The van der Waals surface area contributed by atoms with Crippen molar-refractivity contribution in [2.75, 3.05) is 26.4 Å². The van der Waals surface area contributed by atoms with Gasteiger partial charge in [-0.2, -0.15) is 0 Å². The van der Waals surface area contributed by atoms with Crippen LogP contribution < -0.4 is 0 Å². The molecule has 388 valence electrons. The predicted molar refractivity (Wildman–Crippen MR) is 252 cm³/mol. The van der Waals surface area contributed by atoms with Gasteiger partial charge >= 0.3 is 11.9 Å². The monoisotopic (exact) mass is 947 g/mol. The number of aliphatic hydroxyl groups excluding tert-OH is 7. The van der Waals surface area contributed by atoms with E-state index in [1.807, 2.05) is 0 Å². The second kappa shape index (κ2) is 39.0. The van der Waals surface area contributed by atoms with Crippen LogP contribution in [-0.2, 0) is 38.0 Å². The van der Waals surface area contributed by atoms with E-state index in [2.05, 4.69) is 26.0 Å². The van der Waals surface area contributed by atoms with E-state index in [1.54, 1.807) is 0 Å². The third-order valence-corrected chi connectivity index (χ3v) is 12.7. The zero-order valence-corrected chi connectivity index (χ0v) is 40.9. The number of allylic oxidation sites excluding steroid dienone is 2. The number of hydrogen-bond donors (Lipinski definition) is 7. The number of esters is 2. The van der Waals surface area contributed by atoms with Crippen LogP contribution in [0.5, 0.6) is 0 Å². The quantitative estimate of drug-likeness (QED) is 0.0180. The summed E-state index contributed by atoms with van der Waals surface area (Å²) in [6, 6.07) is 0. The normalized spacial score (nSPS) is 26.2. The van der Waals surface area contributed by atoms with Crippen LogP contribution in [0.2, 0.25) is 0 Å². The first-order valence-electron chi connectivity index (χ1n) is 26.3. The van der Waals surface area contributed by atoms with Crippen LogP contribution in [0.4, 0.5) is 0 Å². The van der Waals surface area contributed by atoms with Crippen molar-refractivity contribution in [1.29, 1.82) is 0 Å². The first-order chi connectivity index (χ1) is 32.0. The molecule has 2 aliphatic rings. The number of ether oxygens (including phenoxy) is 6. The summed E-state index contributed by atoms with van der Waals surface area (Å²) in [6.45, 7) is 2.59. The van der Waals surface area contributed by atoms with Gasteiger partial charge in [0.25, 0.3) is 0 Å². The van der Waals surface area contributed by atoms with Crippen molar-refractivity contribution in [1.82, 2.24) is 0 Å². The third kappa shape index (κ3) is 26.8. The molecule has 7 N–H and O–H groups in total. The van der Waals surface area contributed by atoms with E-state index in [4.69, 9.17) is 28.4 Å². The minimum atomic E-state index is -1.76. The van der Waals surface area contributed by atoms with Crippen molar-refractivity contribution in [2.45, 2.75) is 274 Å². The highest BCUT2D eigenvalue weighted by atomic mass is 16.7. The standard InChI is InChI=1S/C51H94O15/c1-3-5-7-9-11-13-15-16-17-18-19-20-21-22-24-26-28-30-32-34-43(54)64-39(36-61-42(53)33-31-29-27-25-23-14-12-10-8-6-4-2)37-62-50-49(60)47(58)45(56)41(66-50)38-63-51-48(59)46(57)44(55)40(35-52)65-51/h16-17,39-41,44-52,55-60H,3-15,18-38H2,1-2H3/b17-16-. The van der Waals surface area contributed by atoms with Gasteiger partial charge in [0, 0.05) is 12.8 Å². The molecule has 11 atom stereocenters. The molecule has 15 heteroatoms. The minimum absolute atomic E-state index is 0.167. The Morgan fingerprint density at radius 2 is 0.864 bits per heavy atom. The van der Waals surface area contributed by atoms with Crippen LogP contribution in [0.25, 0.3) is 0 Å². The van der Waals surface area contributed by atoms with Gasteiger partial charge in [-0.3, -0.25) is 9.59 Å². The molecule has 0 saturated carbocycles. The zero-order valence-electron chi connectivity index (χ0n) is 40.9. The van der Waals surface area contributed by atoms with Crippen LogP contribution in [0.3, 0.4) is 0 Å². The van der Waals surface area contributed by atoms with E-state index >= 15 is 0 Å². The zero-order chi connectivity index (χ0) is 48.2. The largest absolute Gasteiger partial charge is 0.462 e. The smallest absolute Gasteiger partial charge is 0.306 e. The highest BCUT2D eigenvalue weighted by Crippen LogP contribution is 2.26. The van der Waals surface area contributed by atoms with Gasteiger partial charge in [-0.05, 0) is 38.5 Å². The molecule has 0 spiro atoms. The molecule has 0 aromatic rings.